The zero-order valence-electron chi connectivity index (χ0n) is 15.2. The van der Waals surface area contributed by atoms with Crippen LogP contribution in [0.15, 0.2) is 60.9 Å². The average Bonchev–Trinajstić information content (AvgIpc) is 3.07. The topological polar surface area (TPSA) is 21.1 Å². The molecule has 0 amide bonds. The van der Waals surface area contributed by atoms with Gasteiger partial charge in [0.2, 0.25) is 0 Å². The number of aryl methyl sites for hydroxylation is 1. The lowest BCUT2D eigenvalue weighted by Crippen LogP contribution is -2.39. The van der Waals surface area contributed by atoms with Crippen molar-refractivity contribution < 1.29 is 0 Å². The van der Waals surface area contributed by atoms with Gasteiger partial charge in [0.25, 0.3) is 0 Å². The zero-order valence-corrected chi connectivity index (χ0v) is 15.2. The Bertz CT molecular complexity index is 864. The fraction of sp³-hybridized carbons (Fsp3) is 0.318. The largest absolute Gasteiger partial charge is 0.368 e. The third-order valence-electron chi connectivity index (χ3n) is 5.20. The summed E-state index contributed by atoms with van der Waals surface area (Å²) in [6.45, 7) is 5.65. The summed E-state index contributed by atoms with van der Waals surface area (Å²) < 4.78 is 1.86. The van der Waals surface area contributed by atoms with Gasteiger partial charge in [-0.05, 0) is 49.1 Å². The first-order chi connectivity index (χ1) is 12.1. The molecule has 0 radical (unpaired) electrons. The van der Waals surface area contributed by atoms with Crippen LogP contribution >= 0.6 is 0 Å². The highest BCUT2D eigenvalue weighted by Crippen LogP contribution is 2.37. The van der Waals surface area contributed by atoms with Crippen LogP contribution in [-0.4, -0.2) is 22.4 Å². The summed E-state index contributed by atoms with van der Waals surface area (Å²) in [5.74, 6) is 0.542. The van der Waals surface area contributed by atoms with Gasteiger partial charge in [-0.3, -0.25) is 4.68 Å². The van der Waals surface area contributed by atoms with Gasteiger partial charge < -0.3 is 4.90 Å². The number of fused-ring (bicyclic) bond motifs is 1. The van der Waals surface area contributed by atoms with Crippen molar-refractivity contribution in [1.82, 2.24) is 9.78 Å². The van der Waals surface area contributed by atoms with E-state index in [0.717, 1.165) is 13.0 Å². The second kappa shape index (κ2) is 6.40. The van der Waals surface area contributed by atoms with Crippen LogP contribution in [0.25, 0.3) is 11.1 Å². The monoisotopic (exact) mass is 331 g/mol. The van der Waals surface area contributed by atoms with Crippen LogP contribution in [0, 0.1) is 0 Å². The third-order valence-corrected chi connectivity index (χ3v) is 5.20. The second-order valence-electron chi connectivity index (χ2n) is 7.30. The van der Waals surface area contributed by atoms with Crippen molar-refractivity contribution in [3.05, 3.63) is 72.1 Å². The first-order valence-corrected chi connectivity index (χ1v) is 9.05. The molecule has 0 N–H and O–H groups in total. The molecule has 0 saturated carbocycles. The van der Waals surface area contributed by atoms with E-state index in [9.17, 15) is 0 Å². The number of rotatable bonds is 3. The van der Waals surface area contributed by atoms with Crippen LogP contribution in [0.2, 0.25) is 0 Å². The van der Waals surface area contributed by atoms with Gasteiger partial charge in [-0.15, -0.1) is 0 Å². The fourth-order valence-corrected chi connectivity index (χ4v) is 3.88. The Morgan fingerprint density at radius 3 is 2.52 bits per heavy atom. The van der Waals surface area contributed by atoms with Crippen LogP contribution in [0.4, 0.5) is 5.69 Å². The molecule has 1 aromatic heterocycles. The van der Waals surface area contributed by atoms with E-state index < -0.39 is 0 Å². The molecule has 0 spiro atoms. The summed E-state index contributed by atoms with van der Waals surface area (Å²) >= 11 is 0. The van der Waals surface area contributed by atoms with Gasteiger partial charge in [-0.25, -0.2) is 0 Å². The van der Waals surface area contributed by atoms with E-state index in [1.165, 1.54) is 27.9 Å². The highest BCUT2D eigenvalue weighted by atomic mass is 15.2. The zero-order chi connectivity index (χ0) is 17.4. The van der Waals surface area contributed by atoms with Crippen molar-refractivity contribution in [3.63, 3.8) is 0 Å². The average molecular weight is 331 g/mol. The van der Waals surface area contributed by atoms with Crippen molar-refractivity contribution in [2.45, 2.75) is 32.2 Å². The lowest BCUT2D eigenvalue weighted by Gasteiger charge is -2.39. The maximum Gasteiger partial charge on any atom is 0.0568 e. The molecular weight excluding hydrogens is 306 g/mol. The predicted molar refractivity (Wildman–Crippen MR) is 104 cm³/mol. The Morgan fingerprint density at radius 2 is 1.84 bits per heavy atom. The highest BCUT2D eigenvalue weighted by molar-refractivity contribution is 5.69. The summed E-state index contributed by atoms with van der Waals surface area (Å²) in [4.78, 5) is 2.55. The highest BCUT2D eigenvalue weighted by Gasteiger charge is 2.27. The van der Waals surface area contributed by atoms with E-state index >= 15 is 0 Å². The predicted octanol–water partition coefficient (Wildman–Crippen LogP) is 4.64. The first-order valence-electron chi connectivity index (χ1n) is 9.05. The van der Waals surface area contributed by atoms with E-state index in [1.54, 1.807) is 0 Å². The minimum atomic E-state index is 0.495. The number of aromatic nitrogens is 2. The molecule has 0 fully saturated rings. The number of benzene rings is 2. The van der Waals surface area contributed by atoms with E-state index in [-0.39, 0.29) is 0 Å². The molecule has 3 aromatic rings. The van der Waals surface area contributed by atoms with Gasteiger partial charge in [0.05, 0.1) is 6.20 Å². The third kappa shape index (κ3) is 3.07. The van der Waals surface area contributed by atoms with Gasteiger partial charge in [0.15, 0.2) is 0 Å². The first kappa shape index (κ1) is 15.9. The van der Waals surface area contributed by atoms with E-state index in [1.807, 2.05) is 17.9 Å². The number of anilines is 1. The maximum atomic E-state index is 4.32. The fourth-order valence-electron chi connectivity index (χ4n) is 3.88. The summed E-state index contributed by atoms with van der Waals surface area (Å²) in [5, 5.41) is 4.32. The van der Waals surface area contributed by atoms with E-state index in [0.29, 0.717) is 12.0 Å². The standard InChI is InChI=1S/C22H25N3/c1-16(2)25-15-20(17-7-5-4-6-8-17)12-19-11-18(9-10-22(19)25)21-13-23-24(3)14-21/h4-11,13-14,16,20H,12,15H2,1-3H3. The molecular formula is C22H25N3. The normalized spacial score (nSPS) is 17.0. The Balaban J connectivity index is 1.74. The van der Waals surface area contributed by atoms with Crippen molar-refractivity contribution in [2.24, 2.45) is 7.05 Å². The Morgan fingerprint density at radius 1 is 1.04 bits per heavy atom. The van der Waals surface area contributed by atoms with Crippen LogP contribution < -0.4 is 4.90 Å². The quantitative estimate of drug-likeness (QED) is 0.697. The van der Waals surface area contributed by atoms with Gasteiger partial charge in [-0.2, -0.15) is 5.10 Å². The summed E-state index contributed by atoms with van der Waals surface area (Å²) in [6.07, 6.45) is 5.12. The molecule has 2 aromatic carbocycles. The number of hydrogen-bond donors (Lipinski definition) is 0. The molecule has 1 atom stereocenters. The van der Waals surface area contributed by atoms with E-state index in [2.05, 4.69) is 78.6 Å². The molecule has 1 aliphatic rings. The summed E-state index contributed by atoms with van der Waals surface area (Å²) in [6, 6.07) is 18.3. The molecule has 1 unspecified atom stereocenters. The van der Waals surface area contributed by atoms with Crippen molar-refractivity contribution in [2.75, 3.05) is 11.4 Å². The minimum Gasteiger partial charge on any atom is -0.368 e. The maximum absolute atomic E-state index is 4.32. The van der Waals surface area contributed by atoms with Crippen LogP contribution in [0.3, 0.4) is 0 Å². The summed E-state index contributed by atoms with van der Waals surface area (Å²) in [5.41, 5.74) is 6.70. The molecule has 3 nitrogen and oxygen atoms in total. The number of nitrogens with zero attached hydrogens (tertiary/aromatic N) is 3. The van der Waals surface area contributed by atoms with Crippen LogP contribution in [-0.2, 0) is 13.5 Å². The molecule has 25 heavy (non-hydrogen) atoms. The van der Waals surface area contributed by atoms with Crippen LogP contribution in [0.5, 0.6) is 0 Å². The molecule has 3 heteroatoms. The minimum absolute atomic E-state index is 0.495. The molecule has 2 heterocycles. The molecule has 0 saturated heterocycles. The molecule has 0 aliphatic carbocycles. The van der Waals surface area contributed by atoms with Gasteiger partial charge in [0.1, 0.15) is 0 Å². The molecule has 1 aliphatic heterocycles. The Kier molecular flexibility index (Phi) is 4.08. The molecule has 0 bridgehead atoms. The van der Waals surface area contributed by atoms with Crippen molar-refractivity contribution in [1.29, 1.82) is 0 Å². The van der Waals surface area contributed by atoms with Gasteiger partial charge in [0, 0.05) is 43.0 Å². The van der Waals surface area contributed by atoms with Crippen molar-refractivity contribution in [3.8, 4) is 11.1 Å². The molecule has 4 rings (SSSR count). The van der Waals surface area contributed by atoms with Crippen LogP contribution in [0.1, 0.15) is 30.9 Å². The Labute approximate surface area is 149 Å². The lowest BCUT2D eigenvalue weighted by molar-refractivity contribution is 0.567. The molecule has 128 valence electrons. The Hall–Kier alpha value is -2.55. The SMILES string of the molecule is CC(C)N1CC(c2ccccc2)Cc2cc(-c3cnn(C)c3)ccc21. The van der Waals surface area contributed by atoms with E-state index in [4.69, 9.17) is 0 Å². The lowest BCUT2D eigenvalue weighted by atomic mass is 9.85. The van der Waals surface area contributed by atoms with Crippen molar-refractivity contribution >= 4 is 5.69 Å². The van der Waals surface area contributed by atoms with Gasteiger partial charge >= 0.3 is 0 Å². The summed E-state index contributed by atoms with van der Waals surface area (Å²) in [7, 11) is 1.97. The number of hydrogen-bond acceptors (Lipinski definition) is 2. The smallest absolute Gasteiger partial charge is 0.0568 e. The van der Waals surface area contributed by atoms with Gasteiger partial charge in [-0.1, -0.05) is 36.4 Å². The second-order valence-corrected chi connectivity index (χ2v) is 7.30.